The van der Waals surface area contributed by atoms with Crippen LogP contribution in [0.5, 0.6) is 0 Å². The van der Waals surface area contributed by atoms with Crippen LogP contribution in [0.4, 0.5) is 0 Å². The average molecular weight is 367 g/mol. The Morgan fingerprint density at radius 3 is 2.56 bits per heavy atom. The molecule has 0 aliphatic heterocycles. The molecule has 2 aliphatic carbocycles. The van der Waals surface area contributed by atoms with E-state index in [1.165, 1.54) is 32.1 Å². The third-order valence-electron chi connectivity index (χ3n) is 4.28. The molecule has 0 radical (unpaired) electrons. The number of rotatable bonds is 6. The van der Waals surface area contributed by atoms with E-state index < -0.39 is 0 Å². The van der Waals surface area contributed by atoms with Crippen molar-refractivity contribution in [2.24, 2.45) is 16.1 Å². The molecular weight excluding hydrogens is 341 g/mol. The summed E-state index contributed by atoms with van der Waals surface area (Å²) in [5.41, 5.74) is 6.40. The molecule has 5 heteroatoms. The van der Waals surface area contributed by atoms with Crippen LogP contribution in [0, 0.1) is 5.41 Å². The van der Waals surface area contributed by atoms with E-state index in [4.69, 9.17) is 10.5 Å². The molecule has 18 heavy (non-hydrogen) atoms. The smallest absolute Gasteiger partial charge is 0.191 e. The van der Waals surface area contributed by atoms with Crippen LogP contribution >= 0.6 is 24.0 Å². The van der Waals surface area contributed by atoms with Crippen LogP contribution in [0.25, 0.3) is 0 Å². The molecule has 2 N–H and O–H groups in total. The lowest BCUT2D eigenvalue weighted by atomic mass is 9.67. The fourth-order valence-corrected chi connectivity index (χ4v) is 2.49. The minimum absolute atomic E-state index is 0. The number of nitrogens with two attached hydrogens (primary N) is 1. The van der Waals surface area contributed by atoms with Gasteiger partial charge in [0.2, 0.25) is 0 Å². The Morgan fingerprint density at radius 1 is 1.44 bits per heavy atom. The van der Waals surface area contributed by atoms with Crippen LogP contribution in [-0.4, -0.2) is 44.2 Å². The quantitative estimate of drug-likeness (QED) is 0.445. The summed E-state index contributed by atoms with van der Waals surface area (Å²) in [7, 11) is 3.82. The van der Waals surface area contributed by atoms with Gasteiger partial charge in [0, 0.05) is 33.4 Å². The first kappa shape index (κ1) is 16.0. The molecule has 106 valence electrons. The number of hydrogen-bond acceptors (Lipinski definition) is 2. The third kappa shape index (κ3) is 3.98. The minimum Gasteiger partial charge on any atom is -0.385 e. The van der Waals surface area contributed by atoms with Gasteiger partial charge >= 0.3 is 0 Å². The summed E-state index contributed by atoms with van der Waals surface area (Å²) in [6, 6.07) is 0.648. The number of hydrogen-bond donors (Lipinski definition) is 1. The van der Waals surface area contributed by atoms with E-state index in [0.29, 0.717) is 11.5 Å². The van der Waals surface area contributed by atoms with Gasteiger partial charge in [0.1, 0.15) is 0 Å². The number of ether oxygens (including phenoxy) is 1. The summed E-state index contributed by atoms with van der Waals surface area (Å²) in [5.74, 6) is 0.719. The van der Waals surface area contributed by atoms with Crippen molar-refractivity contribution in [3.63, 3.8) is 0 Å². The van der Waals surface area contributed by atoms with E-state index in [2.05, 4.69) is 16.9 Å². The second-order valence-electron chi connectivity index (χ2n) is 5.61. The van der Waals surface area contributed by atoms with E-state index in [1.807, 2.05) is 0 Å². The van der Waals surface area contributed by atoms with Crippen LogP contribution in [0.2, 0.25) is 0 Å². The molecular formula is C13H26IN3O. The molecule has 0 aromatic heterocycles. The van der Waals surface area contributed by atoms with Gasteiger partial charge in [-0.2, -0.15) is 0 Å². The molecule has 0 spiro atoms. The Balaban J connectivity index is 0.00000162. The maximum Gasteiger partial charge on any atom is 0.191 e. The van der Waals surface area contributed by atoms with Gasteiger partial charge in [-0.1, -0.05) is 6.42 Å². The van der Waals surface area contributed by atoms with Crippen molar-refractivity contribution in [1.82, 2.24) is 4.90 Å². The van der Waals surface area contributed by atoms with E-state index in [9.17, 15) is 0 Å². The highest BCUT2D eigenvalue weighted by Crippen LogP contribution is 2.44. The standard InChI is InChI=1S/C13H25N3O.HI/c1-16(11-4-5-11)12(14)15-10-13(6-3-7-13)8-9-17-2;/h11H,3-10H2,1-2H3,(H2,14,15);1H. The number of methoxy groups -OCH3 is 1. The summed E-state index contributed by atoms with van der Waals surface area (Å²) in [4.78, 5) is 6.72. The van der Waals surface area contributed by atoms with Gasteiger partial charge in [-0.15, -0.1) is 24.0 Å². The lowest BCUT2D eigenvalue weighted by Crippen LogP contribution is -2.39. The van der Waals surface area contributed by atoms with E-state index in [-0.39, 0.29) is 24.0 Å². The number of halogens is 1. The molecule has 0 unspecified atom stereocenters. The summed E-state index contributed by atoms with van der Waals surface area (Å²) < 4.78 is 5.19. The Morgan fingerprint density at radius 2 is 2.11 bits per heavy atom. The number of aliphatic imine (C=N–C) groups is 1. The Labute approximate surface area is 127 Å². The summed E-state index contributed by atoms with van der Waals surface area (Å²) in [6.45, 7) is 1.72. The van der Waals surface area contributed by atoms with Crippen LogP contribution in [0.3, 0.4) is 0 Å². The van der Waals surface area contributed by atoms with Crippen LogP contribution in [0.1, 0.15) is 38.5 Å². The molecule has 4 nitrogen and oxygen atoms in total. The van der Waals surface area contributed by atoms with Crippen LogP contribution in [-0.2, 0) is 4.74 Å². The van der Waals surface area contributed by atoms with Crippen LogP contribution < -0.4 is 5.73 Å². The van der Waals surface area contributed by atoms with Crippen molar-refractivity contribution >= 4 is 29.9 Å². The normalized spacial score (nSPS) is 22.0. The van der Waals surface area contributed by atoms with Gasteiger partial charge in [0.25, 0.3) is 0 Å². The monoisotopic (exact) mass is 367 g/mol. The highest BCUT2D eigenvalue weighted by Gasteiger charge is 2.36. The molecule has 0 atom stereocenters. The lowest BCUT2D eigenvalue weighted by molar-refractivity contribution is 0.0777. The fraction of sp³-hybridized carbons (Fsp3) is 0.923. The van der Waals surface area contributed by atoms with E-state index >= 15 is 0 Å². The second-order valence-corrected chi connectivity index (χ2v) is 5.61. The van der Waals surface area contributed by atoms with Crippen molar-refractivity contribution in [2.75, 3.05) is 27.3 Å². The Bertz CT molecular complexity index is 288. The number of guanidine groups is 1. The van der Waals surface area contributed by atoms with E-state index in [0.717, 1.165) is 25.5 Å². The van der Waals surface area contributed by atoms with Crippen molar-refractivity contribution in [3.8, 4) is 0 Å². The first-order chi connectivity index (χ1) is 8.17. The SMILES string of the molecule is COCCC1(CN=C(N)N(C)C2CC2)CCC1.I. The first-order valence-corrected chi connectivity index (χ1v) is 6.69. The largest absolute Gasteiger partial charge is 0.385 e. The fourth-order valence-electron chi connectivity index (χ4n) is 2.49. The maximum absolute atomic E-state index is 6.02. The topological polar surface area (TPSA) is 50.9 Å². The summed E-state index contributed by atoms with van der Waals surface area (Å²) in [5, 5.41) is 0. The van der Waals surface area contributed by atoms with Gasteiger partial charge < -0.3 is 15.4 Å². The molecule has 2 saturated carbocycles. The van der Waals surface area contributed by atoms with Crippen molar-refractivity contribution < 1.29 is 4.74 Å². The predicted octanol–water partition coefficient (Wildman–Crippen LogP) is 2.22. The van der Waals surface area contributed by atoms with E-state index in [1.54, 1.807) is 7.11 Å². The predicted molar refractivity (Wildman–Crippen MR) is 85.5 cm³/mol. The molecule has 0 aromatic rings. The van der Waals surface area contributed by atoms with Crippen LogP contribution in [0.15, 0.2) is 4.99 Å². The maximum atomic E-state index is 6.02. The minimum atomic E-state index is 0. The summed E-state index contributed by atoms with van der Waals surface area (Å²) >= 11 is 0. The Hall–Kier alpha value is -0.0400. The van der Waals surface area contributed by atoms with Crippen molar-refractivity contribution in [2.45, 2.75) is 44.6 Å². The molecule has 0 heterocycles. The van der Waals surface area contributed by atoms with Crippen molar-refractivity contribution in [3.05, 3.63) is 0 Å². The van der Waals surface area contributed by atoms with Gasteiger partial charge in [-0.3, -0.25) is 4.99 Å². The van der Waals surface area contributed by atoms with Gasteiger partial charge in [-0.05, 0) is 37.5 Å². The van der Waals surface area contributed by atoms with Gasteiger partial charge in [-0.25, -0.2) is 0 Å². The molecule has 2 aliphatic rings. The highest BCUT2D eigenvalue weighted by atomic mass is 127. The molecule has 0 saturated heterocycles. The lowest BCUT2D eigenvalue weighted by Gasteiger charge is -2.41. The Kier molecular flexibility index (Phi) is 6.17. The van der Waals surface area contributed by atoms with Gasteiger partial charge in [0.05, 0.1) is 0 Å². The second kappa shape index (κ2) is 6.93. The zero-order valence-corrected chi connectivity index (χ0v) is 13.9. The zero-order valence-electron chi connectivity index (χ0n) is 11.5. The molecule has 0 bridgehead atoms. The molecule has 2 fully saturated rings. The average Bonchev–Trinajstić information content (AvgIpc) is 3.09. The molecule has 0 amide bonds. The summed E-state index contributed by atoms with van der Waals surface area (Å²) in [6.07, 6.45) is 7.54. The molecule has 0 aromatic carbocycles. The highest BCUT2D eigenvalue weighted by molar-refractivity contribution is 14.0. The first-order valence-electron chi connectivity index (χ1n) is 6.69. The third-order valence-corrected chi connectivity index (χ3v) is 4.28. The van der Waals surface area contributed by atoms with Gasteiger partial charge in [0.15, 0.2) is 5.96 Å². The number of nitrogens with zero attached hydrogens (tertiary/aromatic N) is 2. The zero-order chi connectivity index (χ0) is 12.3. The molecule has 2 rings (SSSR count). The van der Waals surface area contributed by atoms with Crippen molar-refractivity contribution in [1.29, 1.82) is 0 Å².